The normalized spacial score (nSPS) is 11.7. The highest BCUT2D eigenvalue weighted by molar-refractivity contribution is 5.28. The molecule has 0 saturated heterocycles. The van der Waals surface area contributed by atoms with Gasteiger partial charge in [-0.15, -0.1) is 0 Å². The molecule has 1 aromatic rings. The molecule has 0 N–H and O–H groups in total. The van der Waals surface area contributed by atoms with Crippen molar-refractivity contribution in [3.8, 4) is 0 Å². The van der Waals surface area contributed by atoms with E-state index < -0.39 is 0 Å². The van der Waals surface area contributed by atoms with E-state index in [0.29, 0.717) is 0 Å². The molecule has 4 heteroatoms. The van der Waals surface area contributed by atoms with E-state index in [1.807, 2.05) is 27.7 Å². The van der Waals surface area contributed by atoms with E-state index in [-0.39, 0.29) is 16.3 Å². The van der Waals surface area contributed by atoms with Crippen LogP contribution in [0.1, 0.15) is 26.5 Å². The predicted molar refractivity (Wildman–Crippen MR) is 50.8 cm³/mol. The molecule has 0 aliphatic heterocycles. The van der Waals surface area contributed by atoms with E-state index in [1.165, 1.54) is 0 Å². The van der Waals surface area contributed by atoms with Crippen LogP contribution in [0.5, 0.6) is 0 Å². The van der Waals surface area contributed by atoms with E-state index in [1.54, 1.807) is 16.7 Å². The lowest BCUT2D eigenvalue weighted by Gasteiger charge is -2.18. The lowest BCUT2D eigenvalue weighted by atomic mass is 10.1. The fourth-order valence-corrected chi connectivity index (χ4v) is 1.54. The van der Waals surface area contributed by atoms with Crippen molar-refractivity contribution in [1.82, 2.24) is 4.57 Å². The number of aromatic nitrogens is 1. The maximum atomic E-state index is 10.7. The average molecular weight is 182 g/mol. The predicted octanol–water partition coefficient (Wildman–Crippen LogP) is 2.46. The molecule has 0 unspecified atom stereocenters. The van der Waals surface area contributed by atoms with Crippen LogP contribution in [0.4, 0.5) is 5.82 Å². The quantitative estimate of drug-likeness (QED) is 0.494. The second-order valence-electron chi connectivity index (χ2n) is 4.10. The van der Waals surface area contributed by atoms with Gasteiger partial charge in [0.1, 0.15) is 11.2 Å². The van der Waals surface area contributed by atoms with Gasteiger partial charge in [-0.25, -0.2) is 4.57 Å². The Hall–Kier alpha value is -1.32. The van der Waals surface area contributed by atoms with E-state index in [4.69, 9.17) is 0 Å². The summed E-state index contributed by atoms with van der Waals surface area (Å²) in [7, 11) is 0. The summed E-state index contributed by atoms with van der Waals surface area (Å²) < 4.78 is 1.73. The molecule has 0 aliphatic rings. The SMILES string of the molecule is Cc1ccc([N+](=O)[O-])n1C(C)(C)C. The van der Waals surface area contributed by atoms with Gasteiger partial charge in [-0.3, -0.25) is 0 Å². The maximum absolute atomic E-state index is 10.7. The average Bonchev–Trinajstić information content (AvgIpc) is 2.28. The third-order valence-electron chi connectivity index (χ3n) is 1.91. The summed E-state index contributed by atoms with van der Waals surface area (Å²) in [5, 5.41) is 10.7. The zero-order valence-electron chi connectivity index (χ0n) is 8.37. The summed E-state index contributed by atoms with van der Waals surface area (Å²) in [4.78, 5) is 10.3. The highest BCUT2D eigenvalue weighted by atomic mass is 16.6. The van der Waals surface area contributed by atoms with Crippen LogP contribution < -0.4 is 0 Å². The van der Waals surface area contributed by atoms with Crippen molar-refractivity contribution in [1.29, 1.82) is 0 Å². The summed E-state index contributed by atoms with van der Waals surface area (Å²) in [6.45, 7) is 7.73. The van der Waals surface area contributed by atoms with Gasteiger partial charge in [-0.1, -0.05) is 0 Å². The molecule has 0 aromatic carbocycles. The molecule has 13 heavy (non-hydrogen) atoms. The smallest absolute Gasteiger partial charge is 0.323 e. The van der Waals surface area contributed by atoms with Crippen molar-refractivity contribution in [2.24, 2.45) is 0 Å². The largest absolute Gasteiger partial charge is 0.358 e. The Labute approximate surface area is 77.3 Å². The Morgan fingerprint density at radius 2 is 1.92 bits per heavy atom. The van der Waals surface area contributed by atoms with E-state index in [2.05, 4.69) is 0 Å². The molecule has 0 amide bonds. The van der Waals surface area contributed by atoms with Gasteiger partial charge in [0, 0.05) is 6.07 Å². The second kappa shape index (κ2) is 2.87. The molecular formula is C9H14N2O2. The molecule has 0 spiro atoms. The van der Waals surface area contributed by atoms with Crippen LogP contribution in [-0.2, 0) is 5.54 Å². The highest BCUT2D eigenvalue weighted by Gasteiger charge is 2.26. The summed E-state index contributed by atoms with van der Waals surface area (Å²) in [5.41, 5.74) is 0.676. The van der Waals surface area contributed by atoms with Crippen LogP contribution in [0.2, 0.25) is 0 Å². The first-order valence-corrected chi connectivity index (χ1v) is 4.17. The maximum Gasteiger partial charge on any atom is 0.323 e. The number of hydrogen-bond donors (Lipinski definition) is 0. The van der Waals surface area contributed by atoms with E-state index >= 15 is 0 Å². The van der Waals surface area contributed by atoms with Crippen LogP contribution in [0.3, 0.4) is 0 Å². The van der Waals surface area contributed by atoms with Gasteiger partial charge in [0.2, 0.25) is 0 Å². The minimum absolute atomic E-state index is 0.157. The monoisotopic (exact) mass is 182 g/mol. The zero-order chi connectivity index (χ0) is 10.2. The molecule has 0 atom stereocenters. The van der Waals surface area contributed by atoms with E-state index in [0.717, 1.165) is 5.69 Å². The fourth-order valence-electron chi connectivity index (χ4n) is 1.54. The highest BCUT2D eigenvalue weighted by Crippen LogP contribution is 2.25. The van der Waals surface area contributed by atoms with Crippen molar-refractivity contribution >= 4 is 5.82 Å². The van der Waals surface area contributed by atoms with Crippen molar-refractivity contribution in [3.63, 3.8) is 0 Å². The summed E-state index contributed by atoms with van der Waals surface area (Å²) in [5.74, 6) is 0.157. The van der Waals surface area contributed by atoms with Crippen molar-refractivity contribution in [2.75, 3.05) is 0 Å². The molecule has 1 aromatic heterocycles. The van der Waals surface area contributed by atoms with Gasteiger partial charge in [0.15, 0.2) is 0 Å². The lowest BCUT2D eigenvalue weighted by molar-refractivity contribution is -0.393. The second-order valence-corrected chi connectivity index (χ2v) is 4.10. The standard InChI is InChI=1S/C9H14N2O2/c1-7-5-6-8(11(12)13)10(7)9(2,3)4/h5-6H,1-4H3. The topological polar surface area (TPSA) is 48.1 Å². The van der Waals surface area contributed by atoms with Crippen LogP contribution in [0, 0.1) is 17.0 Å². The van der Waals surface area contributed by atoms with Gasteiger partial charge in [0.25, 0.3) is 0 Å². The minimum Gasteiger partial charge on any atom is -0.358 e. The third kappa shape index (κ3) is 1.71. The van der Waals surface area contributed by atoms with Crippen molar-refractivity contribution in [3.05, 3.63) is 27.9 Å². The molecule has 0 fully saturated rings. The molecule has 4 nitrogen and oxygen atoms in total. The molecule has 72 valence electrons. The fraction of sp³-hybridized carbons (Fsp3) is 0.556. The van der Waals surface area contributed by atoms with Crippen molar-refractivity contribution in [2.45, 2.75) is 33.2 Å². The number of nitrogens with zero attached hydrogens (tertiary/aromatic N) is 2. The van der Waals surface area contributed by atoms with Crippen LogP contribution in [0.15, 0.2) is 12.1 Å². The molecule has 0 radical (unpaired) electrons. The Bertz CT molecular complexity index is 334. The minimum atomic E-state index is -0.349. The van der Waals surface area contributed by atoms with Crippen LogP contribution in [0.25, 0.3) is 0 Å². The van der Waals surface area contributed by atoms with Crippen molar-refractivity contribution < 1.29 is 4.92 Å². The molecular weight excluding hydrogens is 168 g/mol. The molecule has 0 aliphatic carbocycles. The Morgan fingerprint density at radius 1 is 1.38 bits per heavy atom. The first kappa shape index (κ1) is 9.77. The lowest BCUT2D eigenvalue weighted by Crippen LogP contribution is -2.24. The van der Waals surface area contributed by atoms with Crippen LogP contribution in [-0.4, -0.2) is 9.49 Å². The summed E-state index contributed by atoms with van der Waals surface area (Å²) in [6, 6.07) is 3.31. The zero-order valence-corrected chi connectivity index (χ0v) is 8.37. The van der Waals surface area contributed by atoms with Gasteiger partial charge in [0.05, 0.1) is 0 Å². The van der Waals surface area contributed by atoms with Gasteiger partial charge in [-0.05, 0) is 38.7 Å². The molecule has 1 rings (SSSR count). The van der Waals surface area contributed by atoms with Gasteiger partial charge >= 0.3 is 5.82 Å². The first-order valence-electron chi connectivity index (χ1n) is 4.17. The molecule has 0 saturated carbocycles. The third-order valence-corrected chi connectivity index (χ3v) is 1.91. The summed E-state index contributed by atoms with van der Waals surface area (Å²) >= 11 is 0. The van der Waals surface area contributed by atoms with Crippen LogP contribution >= 0.6 is 0 Å². The molecule has 0 bridgehead atoms. The number of aryl methyl sites for hydroxylation is 1. The summed E-state index contributed by atoms with van der Waals surface area (Å²) in [6.07, 6.45) is 0. The first-order chi connectivity index (χ1) is 5.84. The Balaban J connectivity index is 3.33. The molecule has 1 heterocycles. The number of nitro groups is 1. The Kier molecular flexibility index (Phi) is 2.15. The van der Waals surface area contributed by atoms with Gasteiger partial charge in [-0.2, -0.15) is 0 Å². The Morgan fingerprint density at radius 3 is 2.23 bits per heavy atom. The van der Waals surface area contributed by atoms with Gasteiger partial charge < -0.3 is 10.1 Å². The number of rotatable bonds is 1. The number of hydrogen-bond acceptors (Lipinski definition) is 2. The van der Waals surface area contributed by atoms with E-state index in [9.17, 15) is 10.1 Å².